The Morgan fingerprint density at radius 2 is 0.786 bits per heavy atom. The Morgan fingerprint density at radius 3 is 0.786 bits per heavy atom. The molecule has 0 aromatic carbocycles. The Labute approximate surface area is 163 Å². The molecule has 0 aliphatic carbocycles. The molecular formula is C4H2K2O8. The van der Waals surface area contributed by atoms with E-state index < -0.39 is 23.9 Å². The Bertz CT molecular complexity index is 175. The predicted octanol–water partition coefficient (Wildman–Crippen LogP) is -10.4. The van der Waals surface area contributed by atoms with E-state index in [2.05, 4.69) is 0 Å². The van der Waals surface area contributed by atoms with Gasteiger partial charge in [-0.05, 0) is 0 Å². The third-order valence-corrected chi connectivity index (χ3v) is 0.349. The van der Waals surface area contributed by atoms with Gasteiger partial charge < -0.3 is 30.0 Å². The molecule has 0 amide bonds. The SMILES string of the molecule is O=C([O-])C(=O)O.O=C([O-])C(=O)O.[K+].[K+]. The van der Waals surface area contributed by atoms with Crippen LogP contribution in [0.2, 0.25) is 0 Å². The second-order valence-corrected chi connectivity index (χ2v) is 1.19. The van der Waals surface area contributed by atoms with Crippen molar-refractivity contribution in [3.63, 3.8) is 0 Å². The normalized spacial score (nSPS) is 6.29. The molecular weight excluding hydrogens is 254 g/mol. The zero-order chi connectivity index (χ0) is 10.3. The van der Waals surface area contributed by atoms with Crippen LogP contribution in [0.3, 0.4) is 0 Å². The summed E-state index contributed by atoms with van der Waals surface area (Å²) >= 11 is 0. The summed E-state index contributed by atoms with van der Waals surface area (Å²) in [6, 6.07) is 0. The number of hydrogen-bond donors (Lipinski definition) is 2. The number of carbonyl (C=O) groups excluding carboxylic acids is 2. The van der Waals surface area contributed by atoms with Crippen LogP contribution in [0.5, 0.6) is 0 Å². The van der Waals surface area contributed by atoms with Crippen LogP contribution in [0, 0.1) is 0 Å². The molecule has 8 nitrogen and oxygen atoms in total. The van der Waals surface area contributed by atoms with Crippen LogP contribution in [-0.2, 0) is 19.2 Å². The first-order valence-electron chi connectivity index (χ1n) is 2.17. The molecule has 14 heavy (non-hydrogen) atoms. The summed E-state index contributed by atoms with van der Waals surface area (Å²) in [5.41, 5.74) is 0. The minimum Gasteiger partial charge on any atom is -0.539 e. The zero-order valence-corrected chi connectivity index (χ0v) is 13.6. The Morgan fingerprint density at radius 1 is 0.714 bits per heavy atom. The fourth-order valence-electron chi connectivity index (χ4n) is 0. The smallest absolute Gasteiger partial charge is 0.539 e. The van der Waals surface area contributed by atoms with Gasteiger partial charge in [-0.3, -0.25) is 0 Å². The van der Waals surface area contributed by atoms with Crippen LogP contribution in [0.15, 0.2) is 0 Å². The van der Waals surface area contributed by atoms with Crippen molar-refractivity contribution in [1.82, 2.24) is 0 Å². The molecule has 0 aliphatic heterocycles. The van der Waals surface area contributed by atoms with E-state index in [0.717, 1.165) is 0 Å². The number of aliphatic carboxylic acids is 4. The molecule has 0 rings (SSSR count). The summed E-state index contributed by atoms with van der Waals surface area (Å²) in [5, 5.41) is 32.6. The van der Waals surface area contributed by atoms with Gasteiger partial charge in [0.15, 0.2) is 11.9 Å². The van der Waals surface area contributed by atoms with Crippen molar-refractivity contribution >= 4 is 23.9 Å². The number of carboxylic acid groups (broad SMARTS) is 4. The van der Waals surface area contributed by atoms with Crippen molar-refractivity contribution in [2.24, 2.45) is 0 Å². The summed E-state index contributed by atoms with van der Waals surface area (Å²) in [4.78, 5) is 36.1. The van der Waals surface area contributed by atoms with Crippen LogP contribution in [0.4, 0.5) is 0 Å². The first-order valence-corrected chi connectivity index (χ1v) is 2.17. The first-order chi connectivity index (χ1) is 5.29. The second kappa shape index (κ2) is 14.2. The van der Waals surface area contributed by atoms with Crippen LogP contribution >= 0.6 is 0 Å². The summed E-state index contributed by atoms with van der Waals surface area (Å²) in [6.45, 7) is 0. The van der Waals surface area contributed by atoms with E-state index in [0.29, 0.717) is 0 Å². The minimum absolute atomic E-state index is 0. The van der Waals surface area contributed by atoms with E-state index in [1.807, 2.05) is 0 Å². The monoisotopic (exact) mass is 256 g/mol. The van der Waals surface area contributed by atoms with E-state index >= 15 is 0 Å². The van der Waals surface area contributed by atoms with E-state index in [-0.39, 0.29) is 103 Å². The average molecular weight is 256 g/mol. The summed E-state index contributed by atoms with van der Waals surface area (Å²) in [6.07, 6.45) is 0. The first kappa shape index (κ1) is 24.4. The van der Waals surface area contributed by atoms with Gasteiger partial charge in [-0.25, -0.2) is 9.59 Å². The minimum atomic E-state index is -2.07. The molecule has 0 atom stereocenters. The standard InChI is InChI=1S/2C2H2O4.2K/c2*3-1(4)2(5)6;;/h2*(H,3,4)(H,5,6);;/q;;2*+1/p-2. The van der Waals surface area contributed by atoms with Crippen molar-refractivity contribution in [3.05, 3.63) is 0 Å². The van der Waals surface area contributed by atoms with Gasteiger partial charge in [0.25, 0.3) is 0 Å². The van der Waals surface area contributed by atoms with E-state index in [1.165, 1.54) is 0 Å². The quantitative estimate of drug-likeness (QED) is 0.319. The Kier molecular flexibility index (Phi) is 24.7. The van der Waals surface area contributed by atoms with E-state index in [9.17, 15) is 0 Å². The van der Waals surface area contributed by atoms with Crippen molar-refractivity contribution in [1.29, 1.82) is 0 Å². The second-order valence-electron chi connectivity index (χ2n) is 1.19. The molecule has 10 heteroatoms. The molecule has 0 radical (unpaired) electrons. The topological polar surface area (TPSA) is 155 Å². The van der Waals surface area contributed by atoms with Gasteiger partial charge in [-0.15, -0.1) is 0 Å². The summed E-state index contributed by atoms with van der Waals surface area (Å²) in [7, 11) is 0. The maximum absolute atomic E-state index is 9.04. The number of hydrogen-bond acceptors (Lipinski definition) is 6. The maximum Gasteiger partial charge on any atom is 1.00 e. The third-order valence-electron chi connectivity index (χ3n) is 0.349. The van der Waals surface area contributed by atoms with Gasteiger partial charge in [-0.2, -0.15) is 0 Å². The van der Waals surface area contributed by atoms with Gasteiger partial charge in [0, 0.05) is 0 Å². The van der Waals surface area contributed by atoms with Gasteiger partial charge in [-0.1, -0.05) is 0 Å². The number of rotatable bonds is 0. The molecule has 0 spiro atoms. The van der Waals surface area contributed by atoms with Gasteiger partial charge >= 0.3 is 115 Å². The molecule has 0 fully saturated rings. The molecule has 2 N–H and O–H groups in total. The van der Waals surface area contributed by atoms with E-state index in [4.69, 9.17) is 39.6 Å². The molecule has 0 saturated carbocycles. The summed E-state index contributed by atoms with van der Waals surface area (Å²) in [5.74, 6) is -8.02. The van der Waals surface area contributed by atoms with Crippen LogP contribution < -0.4 is 113 Å². The molecule has 0 heterocycles. The molecule has 0 aliphatic rings. The summed E-state index contributed by atoms with van der Waals surface area (Å²) < 4.78 is 0. The molecule has 0 unspecified atom stereocenters. The fourth-order valence-corrected chi connectivity index (χ4v) is 0. The molecule has 0 aromatic heterocycles. The van der Waals surface area contributed by atoms with Gasteiger partial charge in [0.1, 0.15) is 0 Å². The number of carboxylic acids is 4. The Balaban J connectivity index is -0.0000000625. The number of carbonyl (C=O) groups is 4. The Hall–Kier alpha value is 1.15. The zero-order valence-electron chi connectivity index (χ0n) is 7.34. The predicted molar refractivity (Wildman–Crippen MR) is 25.3 cm³/mol. The van der Waals surface area contributed by atoms with Crippen molar-refractivity contribution in [2.45, 2.75) is 0 Å². The van der Waals surface area contributed by atoms with Crippen LogP contribution in [0.1, 0.15) is 0 Å². The van der Waals surface area contributed by atoms with Crippen molar-refractivity contribution in [3.8, 4) is 0 Å². The van der Waals surface area contributed by atoms with Gasteiger partial charge in [0.05, 0.1) is 0 Å². The van der Waals surface area contributed by atoms with Crippen molar-refractivity contribution in [2.75, 3.05) is 0 Å². The van der Waals surface area contributed by atoms with Gasteiger partial charge in [0.2, 0.25) is 0 Å². The molecule has 0 aromatic rings. The molecule has 0 bridgehead atoms. The largest absolute Gasteiger partial charge is 1.00 e. The average Bonchev–Trinajstić information content (AvgIpc) is 1.88. The fraction of sp³-hybridized carbons (Fsp3) is 0. The van der Waals surface area contributed by atoms with Crippen LogP contribution in [-0.4, -0.2) is 34.1 Å². The van der Waals surface area contributed by atoms with Crippen molar-refractivity contribution < 1.29 is 142 Å². The molecule has 0 saturated heterocycles. The third kappa shape index (κ3) is 23.2. The molecule has 68 valence electrons. The maximum atomic E-state index is 9.04. The van der Waals surface area contributed by atoms with E-state index in [1.54, 1.807) is 0 Å². The van der Waals surface area contributed by atoms with Crippen LogP contribution in [0.25, 0.3) is 0 Å².